The molecule has 0 aromatic carbocycles. The molecule has 0 aromatic heterocycles. The van der Waals surface area contributed by atoms with Crippen molar-refractivity contribution in [1.82, 2.24) is 0 Å². The molecule has 0 rings (SSSR count). The van der Waals surface area contributed by atoms with Gasteiger partial charge in [0.2, 0.25) is 0 Å². The minimum absolute atomic E-state index is 0.144. The molecule has 0 bridgehead atoms. The summed E-state index contributed by atoms with van der Waals surface area (Å²) in [4.78, 5) is 0. The molecule has 3 atom stereocenters. The van der Waals surface area contributed by atoms with Crippen molar-refractivity contribution in [2.24, 2.45) is 5.92 Å². The van der Waals surface area contributed by atoms with E-state index in [1.165, 1.54) is 0 Å². The molecule has 0 saturated carbocycles. The molecule has 0 spiro atoms. The highest BCUT2D eigenvalue weighted by Crippen LogP contribution is 2.16. The molecule has 0 aliphatic rings. The maximum Gasteiger partial charge on any atom is 0.0862 e. The molecule has 72 valence electrons. The average molecular weight is 174 g/mol. The second-order valence-corrected chi connectivity index (χ2v) is 3.07. The maximum absolute atomic E-state index is 9.47. The summed E-state index contributed by atoms with van der Waals surface area (Å²) in [5.74, 6) is -0.259. The molecular weight excluding hydrogens is 156 g/mol. The highest BCUT2D eigenvalue weighted by molar-refractivity contribution is 5.02. The third-order valence-corrected chi connectivity index (χ3v) is 2.17. The summed E-state index contributed by atoms with van der Waals surface area (Å²) in [7, 11) is 0. The van der Waals surface area contributed by atoms with Crippen molar-refractivity contribution in [3.05, 3.63) is 12.2 Å². The number of rotatable bonds is 5. The summed E-state index contributed by atoms with van der Waals surface area (Å²) >= 11 is 0. The lowest BCUT2D eigenvalue weighted by molar-refractivity contribution is -0.00720. The van der Waals surface area contributed by atoms with Gasteiger partial charge in [0.05, 0.1) is 18.8 Å². The van der Waals surface area contributed by atoms with E-state index in [1.807, 2.05) is 0 Å². The first-order chi connectivity index (χ1) is 5.54. The Morgan fingerprint density at radius 3 is 2.25 bits per heavy atom. The third-order valence-electron chi connectivity index (χ3n) is 2.17. The summed E-state index contributed by atoms with van der Waals surface area (Å²) in [5.41, 5.74) is 0.551. The number of hydrogen-bond acceptors (Lipinski definition) is 3. The van der Waals surface area contributed by atoms with Gasteiger partial charge in [-0.2, -0.15) is 0 Å². The van der Waals surface area contributed by atoms with E-state index in [9.17, 15) is 10.2 Å². The van der Waals surface area contributed by atoms with Gasteiger partial charge in [0.15, 0.2) is 0 Å². The van der Waals surface area contributed by atoms with E-state index in [-0.39, 0.29) is 12.5 Å². The number of aliphatic hydroxyl groups excluding tert-OH is 3. The van der Waals surface area contributed by atoms with Crippen LogP contribution in [0.1, 0.15) is 20.3 Å². The molecular formula is C9H18O3. The van der Waals surface area contributed by atoms with Crippen LogP contribution in [0.3, 0.4) is 0 Å². The minimum atomic E-state index is -0.824. The smallest absolute Gasteiger partial charge is 0.0862 e. The largest absolute Gasteiger partial charge is 0.392 e. The van der Waals surface area contributed by atoms with Gasteiger partial charge >= 0.3 is 0 Å². The van der Waals surface area contributed by atoms with Crippen molar-refractivity contribution >= 4 is 0 Å². The summed E-state index contributed by atoms with van der Waals surface area (Å²) in [6.45, 7) is 6.98. The first-order valence-electron chi connectivity index (χ1n) is 4.19. The Bertz CT molecular complexity index is 145. The van der Waals surface area contributed by atoms with Crippen LogP contribution < -0.4 is 0 Å². The molecule has 3 heteroatoms. The van der Waals surface area contributed by atoms with Crippen molar-refractivity contribution in [2.45, 2.75) is 32.5 Å². The highest BCUT2D eigenvalue weighted by Gasteiger charge is 2.22. The van der Waals surface area contributed by atoms with Crippen LogP contribution in [0.25, 0.3) is 0 Å². The van der Waals surface area contributed by atoms with Crippen molar-refractivity contribution < 1.29 is 15.3 Å². The quantitative estimate of drug-likeness (QED) is 0.525. The minimum Gasteiger partial charge on any atom is -0.392 e. The molecule has 0 fully saturated rings. The summed E-state index contributed by atoms with van der Waals surface area (Å²) in [5, 5.41) is 27.5. The van der Waals surface area contributed by atoms with Crippen LogP contribution in [0, 0.1) is 5.92 Å². The van der Waals surface area contributed by atoms with Gasteiger partial charge in [-0.3, -0.25) is 0 Å². The lowest BCUT2D eigenvalue weighted by Gasteiger charge is -2.23. The summed E-state index contributed by atoms with van der Waals surface area (Å²) < 4.78 is 0. The normalized spacial score (nSPS) is 18.4. The zero-order chi connectivity index (χ0) is 9.72. The van der Waals surface area contributed by atoms with Gasteiger partial charge in [-0.05, 0) is 12.0 Å². The van der Waals surface area contributed by atoms with Gasteiger partial charge in [0.25, 0.3) is 0 Å². The predicted molar refractivity (Wildman–Crippen MR) is 47.7 cm³/mol. The van der Waals surface area contributed by atoms with Crippen LogP contribution in [0.2, 0.25) is 0 Å². The average Bonchev–Trinajstić information content (AvgIpc) is 2.12. The standard InChI is InChI=1S/C9H18O3/c1-4-8(11)9(12)7(3)6(2)5-10/h7-12H,2,4-5H2,1,3H3/t7-,8+,9+/m1/s1. The van der Waals surface area contributed by atoms with Crippen molar-refractivity contribution in [3.63, 3.8) is 0 Å². The Balaban J connectivity index is 4.08. The first kappa shape index (κ1) is 11.6. The number of aliphatic hydroxyl groups is 3. The van der Waals surface area contributed by atoms with Crippen LogP contribution in [0.15, 0.2) is 12.2 Å². The fourth-order valence-corrected chi connectivity index (χ4v) is 0.960. The third kappa shape index (κ3) is 2.93. The molecule has 3 nitrogen and oxygen atoms in total. The van der Waals surface area contributed by atoms with Gasteiger partial charge in [0, 0.05) is 5.92 Å². The molecule has 0 aliphatic carbocycles. The highest BCUT2D eigenvalue weighted by atomic mass is 16.3. The van der Waals surface area contributed by atoms with Crippen molar-refractivity contribution in [3.8, 4) is 0 Å². The summed E-state index contributed by atoms with van der Waals surface area (Å²) in [6.07, 6.45) is -1.05. The van der Waals surface area contributed by atoms with E-state index in [4.69, 9.17) is 5.11 Å². The van der Waals surface area contributed by atoms with Gasteiger partial charge in [-0.15, -0.1) is 0 Å². The zero-order valence-corrected chi connectivity index (χ0v) is 7.70. The van der Waals surface area contributed by atoms with E-state index >= 15 is 0 Å². The van der Waals surface area contributed by atoms with E-state index < -0.39 is 12.2 Å². The maximum atomic E-state index is 9.47. The fourth-order valence-electron chi connectivity index (χ4n) is 0.960. The number of hydrogen-bond donors (Lipinski definition) is 3. The predicted octanol–water partition coefficient (Wildman–Crippen LogP) is 0.303. The van der Waals surface area contributed by atoms with E-state index in [0.717, 1.165) is 0 Å². The molecule has 0 aromatic rings. The Morgan fingerprint density at radius 1 is 1.42 bits per heavy atom. The Hall–Kier alpha value is -0.380. The summed E-state index contributed by atoms with van der Waals surface area (Å²) in [6, 6.07) is 0. The Kier molecular flexibility index (Phi) is 5.13. The molecule has 0 unspecified atom stereocenters. The molecule has 0 aliphatic heterocycles. The van der Waals surface area contributed by atoms with Gasteiger partial charge < -0.3 is 15.3 Å². The molecule has 0 radical (unpaired) electrons. The van der Waals surface area contributed by atoms with E-state index in [0.29, 0.717) is 12.0 Å². The van der Waals surface area contributed by atoms with Crippen LogP contribution in [0.5, 0.6) is 0 Å². The first-order valence-corrected chi connectivity index (χ1v) is 4.19. The second-order valence-electron chi connectivity index (χ2n) is 3.07. The molecule has 12 heavy (non-hydrogen) atoms. The van der Waals surface area contributed by atoms with E-state index in [1.54, 1.807) is 13.8 Å². The SMILES string of the molecule is C=C(CO)[C@@H](C)[C@H](O)[C@@H](O)CC. The molecule has 0 saturated heterocycles. The van der Waals surface area contributed by atoms with Crippen LogP contribution in [0.4, 0.5) is 0 Å². The lowest BCUT2D eigenvalue weighted by Crippen LogP contribution is -2.32. The van der Waals surface area contributed by atoms with E-state index in [2.05, 4.69) is 6.58 Å². The monoisotopic (exact) mass is 174 g/mol. The van der Waals surface area contributed by atoms with Crippen LogP contribution in [-0.2, 0) is 0 Å². The topological polar surface area (TPSA) is 60.7 Å². The van der Waals surface area contributed by atoms with Crippen molar-refractivity contribution in [2.75, 3.05) is 6.61 Å². The van der Waals surface area contributed by atoms with Crippen LogP contribution in [-0.4, -0.2) is 34.1 Å². The van der Waals surface area contributed by atoms with Gasteiger partial charge in [-0.25, -0.2) is 0 Å². The molecule has 0 amide bonds. The molecule has 0 heterocycles. The lowest BCUT2D eigenvalue weighted by atomic mass is 9.92. The zero-order valence-electron chi connectivity index (χ0n) is 7.70. The fraction of sp³-hybridized carbons (Fsp3) is 0.778. The van der Waals surface area contributed by atoms with Crippen LogP contribution >= 0.6 is 0 Å². The Labute approximate surface area is 73.4 Å². The van der Waals surface area contributed by atoms with Crippen molar-refractivity contribution in [1.29, 1.82) is 0 Å². The van der Waals surface area contributed by atoms with Gasteiger partial charge in [-0.1, -0.05) is 20.4 Å². The second kappa shape index (κ2) is 5.30. The Morgan fingerprint density at radius 2 is 1.92 bits per heavy atom. The van der Waals surface area contributed by atoms with Gasteiger partial charge in [0.1, 0.15) is 0 Å². The molecule has 3 N–H and O–H groups in total.